The van der Waals surface area contributed by atoms with Crippen molar-refractivity contribution in [1.29, 1.82) is 10.5 Å². The van der Waals surface area contributed by atoms with Crippen molar-refractivity contribution in [3.8, 4) is 29.1 Å². The first kappa shape index (κ1) is 15.6. The van der Waals surface area contributed by atoms with E-state index in [0.29, 0.717) is 22.8 Å². The third kappa shape index (κ3) is 2.81. The normalized spacial score (nSPS) is 9.82. The van der Waals surface area contributed by atoms with Gasteiger partial charge in [-0.2, -0.15) is 15.5 Å². The third-order valence-electron chi connectivity index (χ3n) is 3.00. The van der Waals surface area contributed by atoms with E-state index >= 15 is 0 Å². The Labute approximate surface area is 133 Å². The van der Waals surface area contributed by atoms with Crippen LogP contribution in [-0.4, -0.2) is 11.6 Å². The van der Waals surface area contributed by atoms with Gasteiger partial charge in [-0.1, -0.05) is 36.7 Å². The minimum absolute atomic E-state index is 0.0162. The molecule has 0 aliphatic carbocycles. The summed E-state index contributed by atoms with van der Waals surface area (Å²) in [6.07, 6.45) is 0.758. The number of hydrogen-bond donors (Lipinski definition) is 1. The van der Waals surface area contributed by atoms with E-state index in [1.807, 2.05) is 19.1 Å². The number of rotatable bonds is 4. The molecule has 0 radical (unpaired) electrons. The summed E-state index contributed by atoms with van der Waals surface area (Å²) in [6.45, 7) is 2.34. The third-order valence-corrected chi connectivity index (χ3v) is 3.33. The fourth-order valence-corrected chi connectivity index (χ4v) is 2.26. The number of aromatic nitrogens is 1. The van der Waals surface area contributed by atoms with Gasteiger partial charge in [0.25, 0.3) is 0 Å². The van der Waals surface area contributed by atoms with Crippen molar-refractivity contribution in [2.75, 3.05) is 12.3 Å². The number of benzene rings is 1. The second-order valence-electron chi connectivity index (χ2n) is 4.48. The van der Waals surface area contributed by atoms with Gasteiger partial charge in [-0.3, -0.25) is 0 Å². The molecule has 6 heteroatoms. The molecule has 0 amide bonds. The van der Waals surface area contributed by atoms with Crippen LogP contribution in [0.5, 0.6) is 5.88 Å². The highest BCUT2D eigenvalue weighted by atomic mass is 35.5. The lowest BCUT2D eigenvalue weighted by atomic mass is 9.96. The summed E-state index contributed by atoms with van der Waals surface area (Å²) in [4.78, 5) is 4.04. The summed E-state index contributed by atoms with van der Waals surface area (Å²) in [7, 11) is 0. The van der Waals surface area contributed by atoms with Crippen LogP contribution in [0.15, 0.2) is 24.3 Å². The summed E-state index contributed by atoms with van der Waals surface area (Å²) in [5.41, 5.74) is 7.03. The van der Waals surface area contributed by atoms with E-state index < -0.39 is 0 Å². The molecule has 0 fully saturated rings. The Morgan fingerprint density at radius 2 is 1.91 bits per heavy atom. The number of nitrogens with zero attached hydrogens (tertiary/aromatic N) is 3. The number of hydrogen-bond acceptors (Lipinski definition) is 5. The monoisotopic (exact) mass is 312 g/mol. The predicted octanol–water partition coefficient (Wildman–Crippen LogP) is 3.52. The lowest BCUT2D eigenvalue weighted by Gasteiger charge is -2.14. The Kier molecular flexibility index (Phi) is 4.83. The van der Waals surface area contributed by atoms with Crippen molar-refractivity contribution < 1.29 is 4.74 Å². The standard InChI is InChI=1S/C16H13ClN4O/c1-2-7-22-16-12(9-19)14(11(8-18)15(20)21-16)10-5-3-4-6-13(10)17/h3-6H,2,7H2,1H3,(H2,20,21). The van der Waals surface area contributed by atoms with Crippen molar-refractivity contribution in [3.05, 3.63) is 40.4 Å². The topological polar surface area (TPSA) is 95.7 Å². The van der Waals surface area contributed by atoms with Crippen LogP contribution >= 0.6 is 11.6 Å². The van der Waals surface area contributed by atoms with Crippen LogP contribution in [0.2, 0.25) is 5.02 Å². The molecule has 0 bridgehead atoms. The number of nitriles is 2. The van der Waals surface area contributed by atoms with Gasteiger partial charge in [0.15, 0.2) is 0 Å². The summed E-state index contributed by atoms with van der Waals surface area (Å²) in [6, 6.07) is 11.0. The minimum Gasteiger partial charge on any atom is -0.477 e. The molecule has 0 saturated heterocycles. The van der Waals surface area contributed by atoms with Gasteiger partial charge in [0.1, 0.15) is 29.1 Å². The predicted molar refractivity (Wildman–Crippen MR) is 84.3 cm³/mol. The molecule has 1 heterocycles. The average molecular weight is 313 g/mol. The summed E-state index contributed by atoms with van der Waals surface area (Å²) in [5, 5.41) is 19.3. The first-order chi connectivity index (χ1) is 10.6. The van der Waals surface area contributed by atoms with E-state index in [9.17, 15) is 10.5 Å². The van der Waals surface area contributed by atoms with Crippen molar-refractivity contribution in [1.82, 2.24) is 4.98 Å². The highest BCUT2D eigenvalue weighted by Gasteiger charge is 2.22. The highest BCUT2D eigenvalue weighted by molar-refractivity contribution is 6.33. The molecule has 2 rings (SSSR count). The summed E-state index contributed by atoms with van der Waals surface area (Å²) in [5.74, 6) is 0.137. The zero-order valence-electron chi connectivity index (χ0n) is 11.9. The van der Waals surface area contributed by atoms with Crippen LogP contribution in [0.25, 0.3) is 11.1 Å². The first-order valence-corrected chi connectivity index (χ1v) is 7.03. The van der Waals surface area contributed by atoms with Crippen LogP contribution in [0.3, 0.4) is 0 Å². The Morgan fingerprint density at radius 3 is 2.50 bits per heavy atom. The highest BCUT2D eigenvalue weighted by Crippen LogP contribution is 2.38. The van der Waals surface area contributed by atoms with Crippen LogP contribution in [0.4, 0.5) is 5.82 Å². The maximum Gasteiger partial charge on any atom is 0.234 e. The average Bonchev–Trinajstić information content (AvgIpc) is 2.52. The zero-order chi connectivity index (χ0) is 16.1. The zero-order valence-corrected chi connectivity index (χ0v) is 12.7. The molecule has 1 aromatic heterocycles. The smallest absolute Gasteiger partial charge is 0.234 e. The van der Waals surface area contributed by atoms with Gasteiger partial charge in [0, 0.05) is 16.1 Å². The van der Waals surface area contributed by atoms with Gasteiger partial charge in [-0.25, -0.2) is 0 Å². The summed E-state index contributed by atoms with van der Waals surface area (Å²) < 4.78 is 5.49. The molecular weight excluding hydrogens is 300 g/mol. The van der Waals surface area contributed by atoms with E-state index in [1.54, 1.807) is 24.3 Å². The van der Waals surface area contributed by atoms with Crippen LogP contribution in [-0.2, 0) is 0 Å². The quantitative estimate of drug-likeness (QED) is 0.931. The van der Waals surface area contributed by atoms with Crippen LogP contribution in [0, 0.1) is 22.7 Å². The van der Waals surface area contributed by atoms with Gasteiger partial charge < -0.3 is 10.5 Å². The lowest BCUT2D eigenvalue weighted by molar-refractivity contribution is 0.305. The maximum absolute atomic E-state index is 9.50. The first-order valence-electron chi connectivity index (χ1n) is 6.65. The Morgan fingerprint density at radius 1 is 1.23 bits per heavy atom. The molecule has 110 valence electrons. The van der Waals surface area contributed by atoms with E-state index in [1.165, 1.54) is 0 Å². The second-order valence-corrected chi connectivity index (χ2v) is 4.89. The van der Waals surface area contributed by atoms with Crippen molar-refractivity contribution in [2.24, 2.45) is 0 Å². The van der Waals surface area contributed by atoms with Crippen molar-refractivity contribution >= 4 is 17.4 Å². The number of halogens is 1. The molecule has 1 aromatic carbocycles. The number of nitrogens with two attached hydrogens (primary N) is 1. The molecule has 0 spiro atoms. The molecule has 2 aromatic rings. The van der Waals surface area contributed by atoms with E-state index in [-0.39, 0.29) is 22.8 Å². The van der Waals surface area contributed by atoms with Crippen molar-refractivity contribution in [2.45, 2.75) is 13.3 Å². The minimum atomic E-state index is 0.0162. The number of ether oxygens (including phenoxy) is 1. The molecule has 0 aliphatic rings. The fourth-order valence-electron chi connectivity index (χ4n) is 2.03. The molecule has 22 heavy (non-hydrogen) atoms. The second kappa shape index (κ2) is 6.80. The molecule has 0 unspecified atom stereocenters. The summed E-state index contributed by atoms with van der Waals surface area (Å²) >= 11 is 6.20. The number of pyridine rings is 1. The molecule has 0 saturated carbocycles. The Bertz CT molecular complexity index is 790. The van der Waals surface area contributed by atoms with Crippen molar-refractivity contribution in [3.63, 3.8) is 0 Å². The van der Waals surface area contributed by atoms with Gasteiger partial charge >= 0.3 is 0 Å². The van der Waals surface area contributed by atoms with Crippen LogP contribution < -0.4 is 10.5 Å². The van der Waals surface area contributed by atoms with Gasteiger partial charge in [0.2, 0.25) is 5.88 Å². The van der Waals surface area contributed by atoms with E-state index in [2.05, 4.69) is 4.98 Å². The fraction of sp³-hybridized carbons (Fsp3) is 0.188. The van der Waals surface area contributed by atoms with Crippen LogP contribution in [0.1, 0.15) is 24.5 Å². The lowest BCUT2D eigenvalue weighted by Crippen LogP contribution is -2.07. The molecule has 2 N–H and O–H groups in total. The molecular formula is C16H13ClN4O. The number of nitrogen functional groups attached to an aromatic ring is 1. The molecule has 0 aliphatic heterocycles. The van der Waals surface area contributed by atoms with E-state index in [4.69, 9.17) is 22.1 Å². The SMILES string of the molecule is CCCOc1nc(N)c(C#N)c(-c2ccccc2Cl)c1C#N. The number of anilines is 1. The van der Waals surface area contributed by atoms with Gasteiger partial charge in [0.05, 0.1) is 6.61 Å². The molecule has 0 atom stereocenters. The van der Waals surface area contributed by atoms with Gasteiger partial charge in [-0.05, 0) is 12.5 Å². The molecule has 5 nitrogen and oxygen atoms in total. The van der Waals surface area contributed by atoms with Gasteiger partial charge in [-0.15, -0.1) is 0 Å². The maximum atomic E-state index is 9.50. The Hall–Kier alpha value is -2.76. The Balaban J connectivity index is 2.81. The largest absolute Gasteiger partial charge is 0.477 e. The van der Waals surface area contributed by atoms with E-state index in [0.717, 1.165) is 6.42 Å².